The van der Waals surface area contributed by atoms with E-state index >= 15 is 0 Å². The average molecular weight is 331 g/mol. The van der Waals surface area contributed by atoms with Crippen LogP contribution in [0.5, 0.6) is 0 Å². The Bertz CT molecular complexity index is 655. The summed E-state index contributed by atoms with van der Waals surface area (Å²) in [7, 11) is 3.39. The molecule has 6 nitrogen and oxygen atoms in total. The van der Waals surface area contributed by atoms with Crippen molar-refractivity contribution >= 4 is 23.2 Å². The zero-order chi connectivity index (χ0) is 17.7. The number of carbonyl (C=O) groups is 2. The van der Waals surface area contributed by atoms with Gasteiger partial charge in [0.15, 0.2) is 0 Å². The van der Waals surface area contributed by atoms with Gasteiger partial charge >= 0.3 is 0 Å². The first-order valence-corrected chi connectivity index (χ1v) is 8.16. The summed E-state index contributed by atoms with van der Waals surface area (Å²) in [6.45, 7) is 5.11. The molecule has 0 N–H and O–H groups in total. The fourth-order valence-corrected chi connectivity index (χ4v) is 2.61. The predicted molar refractivity (Wildman–Crippen MR) is 94.2 cm³/mol. The van der Waals surface area contributed by atoms with E-state index in [1.807, 2.05) is 32.0 Å². The van der Waals surface area contributed by atoms with Gasteiger partial charge in [0.2, 0.25) is 5.91 Å². The molecule has 130 valence electrons. The van der Waals surface area contributed by atoms with Gasteiger partial charge in [-0.1, -0.05) is 12.1 Å². The van der Waals surface area contributed by atoms with E-state index in [2.05, 4.69) is 5.10 Å². The van der Waals surface area contributed by atoms with Gasteiger partial charge in [0.25, 0.3) is 5.91 Å². The first-order valence-electron chi connectivity index (χ1n) is 8.16. The molecule has 0 spiro atoms. The van der Waals surface area contributed by atoms with Crippen LogP contribution in [0.15, 0.2) is 23.3 Å². The summed E-state index contributed by atoms with van der Waals surface area (Å²) in [5.41, 5.74) is 3.18. The minimum atomic E-state index is -0.131. The van der Waals surface area contributed by atoms with Gasteiger partial charge in [-0.2, -0.15) is 5.10 Å². The lowest BCUT2D eigenvalue weighted by Crippen LogP contribution is -2.40. The van der Waals surface area contributed by atoms with Crippen molar-refractivity contribution in [2.45, 2.75) is 33.1 Å². The molecule has 1 heterocycles. The summed E-state index contributed by atoms with van der Waals surface area (Å²) < 4.78 is 5.01. The Labute approximate surface area is 143 Å². The van der Waals surface area contributed by atoms with Gasteiger partial charge in [-0.05, 0) is 37.5 Å². The van der Waals surface area contributed by atoms with Crippen LogP contribution in [0.4, 0.5) is 5.69 Å². The number of rotatable bonds is 6. The SMILES string of the molecule is COCCCN(C)C(=O)C1=NN(c2cc(C)ccc2C)C(=O)CC1. The van der Waals surface area contributed by atoms with Crippen molar-refractivity contribution in [3.8, 4) is 0 Å². The topological polar surface area (TPSA) is 62.2 Å². The minimum Gasteiger partial charge on any atom is -0.385 e. The smallest absolute Gasteiger partial charge is 0.269 e. The van der Waals surface area contributed by atoms with Crippen LogP contribution in [0.25, 0.3) is 0 Å². The fourth-order valence-electron chi connectivity index (χ4n) is 2.61. The van der Waals surface area contributed by atoms with E-state index in [1.165, 1.54) is 5.01 Å². The summed E-state index contributed by atoms with van der Waals surface area (Å²) in [6.07, 6.45) is 1.45. The second-order valence-electron chi connectivity index (χ2n) is 6.12. The van der Waals surface area contributed by atoms with E-state index in [4.69, 9.17) is 4.74 Å². The van der Waals surface area contributed by atoms with Crippen molar-refractivity contribution in [2.75, 3.05) is 32.3 Å². The molecule has 24 heavy (non-hydrogen) atoms. The molecule has 2 rings (SSSR count). The number of aryl methyl sites for hydroxylation is 2. The van der Waals surface area contributed by atoms with Gasteiger partial charge in [-0.3, -0.25) is 9.59 Å². The molecule has 1 aromatic rings. The van der Waals surface area contributed by atoms with Gasteiger partial charge in [0.1, 0.15) is 5.71 Å². The Morgan fingerprint density at radius 3 is 2.79 bits per heavy atom. The van der Waals surface area contributed by atoms with Crippen molar-refractivity contribution < 1.29 is 14.3 Å². The predicted octanol–water partition coefficient (Wildman–Crippen LogP) is 2.28. The molecule has 0 atom stereocenters. The van der Waals surface area contributed by atoms with Gasteiger partial charge < -0.3 is 9.64 Å². The summed E-state index contributed by atoms with van der Waals surface area (Å²) in [4.78, 5) is 26.5. The molecule has 0 saturated carbocycles. The number of amides is 2. The molecule has 0 radical (unpaired) electrons. The van der Waals surface area contributed by atoms with Crippen molar-refractivity contribution in [1.29, 1.82) is 0 Å². The van der Waals surface area contributed by atoms with Crippen LogP contribution >= 0.6 is 0 Å². The summed E-state index contributed by atoms with van der Waals surface area (Å²) in [5, 5.41) is 5.74. The molecule has 2 amide bonds. The Hall–Kier alpha value is -2.21. The third kappa shape index (κ3) is 4.20. The van der Waals surface area contributed by atoms with Gasteiger partial charge in [0, 0.05) is 40.2 Å². The van der Waals surface area contributed by atoms with Crippen LogP contribution in [0.2, 0.25) is 0 Å². The number of hydrogen-bond acceptors (Lipinski definition) is 4. The quantitative estimate of drug-likeness (QED) is 0.751. The summed E-state index contributed by atoms with van der Waals surface area (Å²) in [5.74, 6) is -0.212. The standard InChI is InChI=1S/C18H25N3O3/c1-13-6-7-14(2)16(12-13)21-17(22)9-8-15(19-21)18(23)20(3)10-5-11-24-4/h6-7,12H,5,8-11H2,1-4H3. The molecule has 0 aliphatic carbocycles. The Kier molecular flexibility index (Phi) is 6.09. The first kappa shape index (κ1) is 18.1. The van der Waals surface area contributed by atoms with Crippen LogP contribution in [0.3, 0.4) is 0 Å². The van der Waals surface area contributed by atoms with Crippen LogP contribution in [-0.4, -0.2) is 49.7 Å². The third-order valence-electron chi connectivity index (χ3n) is 4.06. The zero-order valence-electron chi connectivity index (χ0n) is 14.8. The van der Waals surface area contributed by atoms with Crippen LogP contribution < -0.4 is 5.01 Å². The first-order chi connectivity index (χ1) is 11.4. The van der Waals surface area contributed by atoms with Gasteiger partial charge in [-0.15, -0.1) is 0 Å². The second kappa shape index (κ2) is 8.06. The number of nitrogens with zero attached hydrogens (tertiary/aromatic N) is 3. The fraction of sp³-hybridized carbons (Fsp3) is 0.500. The number of ether oxygens (including phenoxy) is 1. The van der Waals surface area contributed by atoms with Gasteiger partial charge in [-0.25, -0.2) is 5.01 Å². The molecular weight excluding hydrogens is 306 g/mol. The van der Waals surface area contributed by atoms with Crippen molar-refractivity contribution in [1.82, 2.24) is 4.90 Å². The highest BCUT2D eigenvalue weighted by atomic mass is 16.5. The maximum absolute atomic E-state index is 12.5. The van der Waals surface area contributed by atoms with E-state index in [1.54, 1.807) is 19.1 Å². The lowest BCUT2D eigenvalue weighted by atomic mass is 10.1. The Morgan fingerprint density at radius 1 is 1.33 bits per heavy atom. The lowest BCUT2D eigenvalue weighted by molar-refractivity contribution is -0.123. The van der Waals surface area contributed by atoms with Crippen molar-refractivity contribution in [3.63, 3.8) is 0 Å². The summed E-state index contributed by atoms with van der Waals surface area (Å²) in [6, 6.07) is 5.87. The highest BCUT2D eigenvalue weighted by Crippen LogP contribution is 2.25. The number of methoxy groups -OCH3 is 1. The van der Waals surface area contributed by atoms with E-state index in [0.29, 0.717) is 31.7 Å². The molecule has 6 heteroatoms. The molecule has 1 aromatic carbocycles. The molecule has 1 aliphatic heterocycles. The van der Waals surface area contributed by atoms with Crippen LogP contribution in [0.1, 0.15) is 30.4 Å². The Balaban J connectivity index is 2.21. The van der Waals surface area contributed by atoms with E-state index < -0.39 is 0 Å². The summed E-state index contributed by atoms with van der Waals surface area (Å²) >= 11 is 0. The second-order valence-corrected chi connectivity index (χ2v) is 6.12. The van der Waals surface area contributed by atoms with E-state index in [9.17, 15) is 9.59 Å². The largest absolute Gasteiger partial charge is 0.385 e. The minimum absolute atomic E-state index is 0.0812. The highest BCUT2D eigenvalue weighted by Gasteiger charge is 2.27. The average Bonchev–Trinajstić information content (AvgIpc) is 2.57. The van der Waals surface area contributed by atoms with E-state index in [-0.39, 0.29) is 11.8 Å². The molecule has 0 aromatic heterocycles. The maximum atomic E-state index is 12.5. The molecular formula is C18H25N3O3. The highest BCUT2D eigenvalue weighted by molar-refractivity contribution is 6.40. The molecule has 1 aliphatic rings. The number of carbonyl (C=O) groups excluding carboxylic acids is 2. The molecule has 0 bridgehead atoms. The number of benzene rings is 1. The monoisotopic (exact) mass is 331 g/mol. The van der Waals surface area contributed by atoms with Crippen LogP contribution in [-0.2, 0) is 14.3 Å². The molecule has 0 saturated heterocycles. The Morgan fingerprint density at radius 2 is 2.08 bits per heavy atom. The molecule has 0 unspecified atom stereocenters. The zero-order valence-corrected chi connectivity index (χ0v) is 14.8. The number of hydrazone groups is 1. The lowest BCUT2D eigenvalue weighted by Gasteiger charge is -2.26. The third-order valence-corrected chi connectivity index (χ3v) is 4.06. The normalized spacial score (nSPS) is 14.6. The molecule has 0 fully saturated rings. The number of anilines is 1. The number of hydrogen-bond donors (Lipinski definition) is 0. The van der Waals surface area contributed by atoms with Crippen molar-refractivity contribution in [2.24, 2.45) is 5.10 Å². The van der Waals surface area contributed by atoms with E-state index in [0.717, 1.165) is 23.2 Å². The maximum Gasteiger partial charge on any atom is 0.269 e. The van der Waals surface area contributed by atoms with Crippen molar-refractivity contribution in [3.05, 3.63) is 29.3 Å². The van der Waals surface area contributed by atoms with Crippen LogP contribution in [0, 0.1) is 13.8 Å². The van der Waals surface area contributed by atoms with Gasteiger partial charge in [0.05, 0.1) is 5.69 Å².